The Kier molecular flexibility index (Phi) is 2.82. The maximum Gasteiger partial charge on any atom is 0.354 e. The molecule has 4 N–H and O–H groups in total. The smallest absolute Gasteiger partial charge is 0.354 e. The predicted octanol–water partition coefficient (Wildman–Crippen LogP) is 2.28. The first kappa shape index (κ1) is 12.2. The average Bonchev–Trinajstić information content (AvgIpc) is 2.66. The number of nitrogens with one attached hydrogen (secondary N) is 1. The number of anilines is 1. The molecule has 5 heteroatoms. The molecule has 0 saturated heterocycles. The predicted molar refractivity (Wildman–Crippen MR) is 69.6 cm³/mol. The lowest BCUT2D eigenvalue weighted by atomic mass is 9.95. The summed E-state index contributed by atoms with van der Waals surface area (Å²) < 4.78 is 0. The van der Waals surface area contributed by atoms with Crippen LogP contribution >= 0.6 is 0 Å². The van der Waals surface area contributed by atoms with Crippen LogP contribution in [0, 0.1) is 20.8 Å². The zero-order chi connectivity index (χ0) is 13.4. The van der Waals surface area contributed by atoms with Gasteiger partial charge in [-0.1, -0.05) is 12.1 Å². The molecule has 0 aliphatic heterocycles. The van der Waals surface area contributed by atoms with Crippen LogP contribution in [0.4, 0.5) is 5.82 Å². The van der Waals surface area contributed by atoms with Gasteiger partial charge in [0.2, 0.25) is 0 Å². The number of aryl methyl sites for hydroxylation is 3. The van der Waals surface area contributed by atoms with Crippen molar-refractivity contribution in [3.63, 3.8) is 0 Å². The molecule has 1 heterocycles. The third kappa shape index (κ3) is 1.84. The molecule has 0 bridgehead atoms. The molecule has 1 aromatic carbocycles. The first-order chi connectivity index (χ1) is 8.41. The summed E-state index contributed by atoms with van der Waals surface area (Å²) in [6.45, 7) is 5.93. The molecule has 0 fully saturated rings. The van der Waals surface area contributed by atoms with Gasteiger partial charge in [-0.05, 0) is 43.0 Å². The molecule has 0 radical (unpaired) electrons. The van der Waals surface area contributed by atoms with E-state index in [0.717, 1.165) is 22.3 Å². The lowest BCUT2D eigenvalue weighted by Gasteiger charge is -2.10. The van der Waals surface area contributed by atoms with Gasteiger partial charge in [-0.2, -0.15) is 5.10 Å². The van der Waals surface area contributed by atoms with E-state index in [-0.39, 0.29) is 11.5 Å². The Morgan fingerprint density at radius 2 is 1.83 bits per heavy atom. The largest absolute Gasteiger partial charge is 0.477 e. The summed E-state index contributed by atoms with van der Waals surface area (Å²) in [5, 5.41) is 15.4. The second kappa shape index (κ2) is 4.18. The van der Waals surface area contributed by atoms with E-state index < -0.39 is 5.97 Å². The van der Waals surface area contributed by atoms with Crippen molar-refractivity contribution in [3.8, 4) is 11.1 Å². The summed E-state index contributed by atoms with van der Waals surface area (Å²) in [5.74, 6) is -0.856. The molecule has 0 atom stereocenters. The number of aromatic nitrogens is 2. The van der Waals surface area contributed by atoms with Crippen molar-refractivity contribution in [3.05, 3.63) is 34.5 Å². The molecule has 0 aliphatic carbocycles. The van der Waals surface area contributed by atoms with E-state index in [1.165, 1.54) is 0 Å². The van der Waals surface area contributed by atoms with Crippen LogP contribution in [-0.2, 0) is 0 Å². The van der Waals surface area contributed by atoms with Crippen molar-refractivity contribution in [1.29, 1.82) is 0 Å². The normalized spacial score (nSPS) is 10.6. The highest BCUT2D eigenvalue weighted by Gasteiger charge is 2.20. The Labute approximate surface area is 105 Å². The number of carbonyl (C=O) groups is 1. The molecule has 2 rings (SSSR count). The molecule has 0 unspecified atom stereocenters. The average molecular weight is 245 g/mol. The Bertz CT molecular complexity index is 629. The fraction of sp³-hybridized carbons (Fsp3) is 0.231. The summed E-state index contributed by atoms with van der Waals surface area (Å²) in [6, 6.07) is 3.96. The fourth-order valence-electron chi connectivity index (χ4n) is 2.01. The van der Waals surface area contributed by atoms with Crippen molar-refractivity contribution >= 4 is 11.8 Å². The Hall–Kier alpha value is -2.30. The van der Waals surface area contributed by atoms with E-state index in [1.54, 1.807) is 0 Å². The summed E-state index contributed by atoms with van der Waals surface area (Å²) in [4.78, 5) is 11.1. The minimum absolute atomic E-state index is 0.0267. The summed E-state index contributed by atoms with van der Waals surface area (Å²) in [5.41, 5.74) is 10.3. The van der Waals surface area contributed by atoms with E-state index in [1.807, 2.05) is 32.9 Å². The van der Waals surface area contributed by atoms with E-state index in [2.05, 4.69) is 10.2 Å². The van der Waals surface area contributed by atoms with Crippen LogP contribution in [0.1, 0.15) is 27.2 Å². The molecule has 0 amide bonds. The number of carboxylic acids is 1. The molecule has 94 valence electrons. The lowest BCUT2D eigenvalue weighted by molar-refractivity contribution is 0.0691. The summed E-state index contributed by atoms with van der Waals surface area (Å²) in [6.07, 6.45) is 0. The van der Waals surface area contributed by atoms with E-state index in [4.69, 9.17) is 10.8 Å². The highest BCUT2D eigenvalue weighted by molar-refractivity contribution is 5.98. The van der Waals surface area contributed by atoms with Gasteiger partial charge >= 0.3 is 5.97 Å². The standard InChI is InChI=1S/C13H15N3O2/c1-6-4-8(3)9(5-7(6)2)10-11(13(17)18)15-16-12(10)14/h4-5H,1-3H3,(H,17,18)(H3,14,15,16). The van der Waals surface area contributed by atoms with Crippen LogP contribution in [0.3, 0.4) is 0 Å². The van der Waals surface area contributed by atoms with Crippen molar-refractivity contribution in [2.24, 2.45) is 0 Å². The van der Waals surface area contributed by atoms with Gasteiger partial charge in [0.1, 0.15) is 0 Å². The van der Waals surface area contributed by atoms with E-state index in [9.17, 15) is 4.79 Å². The van der Waals surface area contributed by atoms with Crippen molar-refractivity contribution in [2.45, 2.75) is 20.8 Å². The Morgan fingerprint density at radius 1 is 1.22 bits per heavy atom. The monoisotopic (exact) mass is 245 g/mol. The van der Waals surface area contributed by atoms with E-state index in [0.29, 0.717) is 5.56 Å². The minimum Gasteiger partial charge on any atom is -0.477 e. The number of rotatable bonds is 2. The quantitative estimate of drug-likeness (QED) is 0.756. The van der Waals surface area contributed by atoms with Crippen LogP contribution in [0.25, 0.3) is 11.1 Å². The first-order valence-corrected chi connectivity index (χ1v) is 5.57. The summed E-state index contributed by atoms with van der Waals surface area (Å²) >= 11 is 0. The van der Waals surface area contributed by atoms with E-state index >= 15 is 0 Å². The van der Waals surface area contributed by atoms with Crippen molar-refractivity contribution < 1.29 is 9.90 Å². The molecule has 0 spiro atoms. The molecular weight excluding hydrogens is 230 g/mol. The number of aromatic amines is 1. The number of benzene rings is 1. The molecule has 0 saturated carbocycles. The van der Waals surface area contributed by atoms with Gasteiger partial charge in [-0.15, -0.1) is 0 Å². The van der Waals surface area contributed by atoms with Crippen LogP contribution in [0.15, 0.2) is 12.1 Å². The first-order valence-electron chi connectivity index (χ1n) is 5.57. The van der Waals surface area contributed by atoms with Gasteiger partial charge in [0, 0.05) is 0 Å². The second-order valence-corrected chi connectivity index (χ2v) is 4.42. The molecule has 18 heavy (non-hydrogen) atoms. The number of hydrogen-bond donors (Lipinski definition) is 3. The topological polar surface area (TPSA) is 92.0 Å². The molecule has 2 aromatic rings. The van der Waals surface area contributed by atoms with Crippen molar-refractivity contribution in [1.82, 2.24) is 10.2 Å². The number of hydrogen-bond acceptors (Lipinski definition) is 3. The zero-order valence-corrected chi connectivity index (χ0v) is 10.5. The second-order valence-electron chi connectivity index (χ2n) is 4.42. The van der Waals surface area contributed by atoms with Gasteiger partial charge in [-0.3, -0.25) is 5.10 Å². The number of nitrogen functional groups attached to an aromatic ring is 1. The zero-order valence-electron chi connectivity index (χ0n) is 10.5. The molecular formula is C13H15N3O2. The van der Waals surface area contributed by atoms with Gasteiger partial charge in [0.05, 0.1) is 5.56 Å². The van der Waals surface area contributed by atoms with Gasteiger partial charge in [-0.25, -0.2) is 4.79 Å². The minimum atomic E-state index is -1.06. The third-order valence-corrected chi connectivity index (χ3v) is 3.12. The van der Waals surface area contributed by atoms with Crippen molar-refractivity contribution in [2.75, 3.05) is 5.73 Å². The highest BCUT2D eigenvalue weighted by atomic mass is 16.4. The fourth-order valence-corrected chi connectivity index (χ4v) is 2.01. The maximum absolute atomic E-state index is 11.1. The molecule has 1 aromatic heterocycles. The Morgan fingerprint density at radius 3 is 2.44 bits per heavy atom. The SMILES string of the molecule is Cc1cc(C)c(-c2c(N)n[nH]c2C(=O)O)cc1C. The lowest BCUT2D eigenvalue weighted by Crippen LogP contribution is -2.01. The highest BCUT2D eigenvalue weighted by Crippen LogP contribution is 2.32. The number of carboxylic acid groups (broad SMARTS) is 1. The molecule has 0 aliphatic rings. The maximum atomic E-state index is 11.1. The van der Waals surface area contributed by atoms with Gasteiger partial charge in [0.15, 0.2) is 11.5 Å². The number of nitrogens with two attached hydrogens (primary N) is 1. The van der Waals surface area contributed by atoms with Gasteiger partial charge < -0.3 is 10.8 Å². The summed E-state index contributed by atoms with van der Waals surface area (Å²) in [7, 11) is 0. The number of H-pyrrole nitrogens is 1. The van der Waals surface area contributed by atoms with Crippen LogP contribution in [0.2, 0.25) is 0 Å². The van der Waals surface area contributed by atoms with Crippen LogP contribution in [0.5, 0.6) is 0 Å². The molecule has 5 nitrogen and oxygen atoms in total. The number of aromatic carboxylic acids is 1. The third-order valence-electron chi connectivity index (χ3n) is 3.12. The van der Waals surface area contributed by atoms with Crippen LogP contribution < -0.4 is 5.73 Å². The van der Waals surface area contributed by atoms with Gasteiger partial charge in [0.25, 0.3) is 0 Å². The Balaban J connectivity index is 2.73. The van der Waals surface area contributed by atoms with Crippen LogP contribution in [-0.4, -0.2) is 21.3 Å². The number of nitrogens with zero attached hydrogens (tertiary/aromatic N) is 1.